The van der Waals surface area contributed by atoms with Crippen molar-refractivity contribution >= 4 is 12.0 Å². The van der Waals surface area contributed by atoms with Crippen molar-refractivity contribution in [3.63, 3.8) is 0 Å². The van der Waals surface area contributed by atoms with Crippen LogP contribution in [0.3, 0.4) is 0 Å². The average Bonchev–Trinajstić information content (AvgIpc) is 1.97. The molecule has 0 heterocycles. The zero-order valence-electron chi connectivity index (χ0n) is 6.13. The molecule has 2 amide bonds. The van der Waals surface area contributed by atoms with Crippen LogP contribution < -0.4 is 10.6 Å². The molecular weight excluding hydrogens is 148 g/mol. The Morgan fingerprint density at radius 2 is 2.18 bits per heavy atom. The van der Waals surface area contributed by atoms with E-state index < -0.39 is 12.0 Å². The summed E-state index contributed by atoms with van der Waals surface area (Å²) in [6.45, 7) is 1.36. The van der Waals surface area contributed by atoms with Gasteiger partial charge in [-0.25, -0.2) is 4.79 Å². The van der Waals surface area contributed by atoms with E-state index >= 15 is 0 Å². The van der Waals surface area contributed by atoms with Gasteiger partial charge < -0.3 is 15.7 Å². The summed E-state index contributed by atoms with van der Waals surface area (Å²) in [5, 5.41) is 12.5. The Labute approximate surface area is 64.1 Å². The second-order valence-electron chi connectivity index (χ2n) is 1.72. The van der Waals surface area contributed by atoms with Crippen molar-refractivity contribution in [2.24, 2.45) is 0 Å². The summed E-state index contributed by atoms with van der Waals surface area (Å²) in [4.78, 5) is 20.5. The Kier molecular flexibility index (Phi) is 4.55. The van der Waals surface area contributed by atoms with E-state index in [-0.39, 0.29) is 6.54 Å². The lowest BCUT2D eigenvalue weighted by molar-refractivity contribution is -0.135. The van der Waals surface area contributed by atoms with Gasteiger partial charge in [0.15, 0.2) is 0 Å². The maximum Gasteiger partial charge on any atom is 0.323 e. The molecule has 62 valence electrons. The Morgan fingerprint density at radius 3 is 2.64 bits per heavy atom. The van der Waals surface area contributed by atoms with E-state index in [1.54, 1.807) is 13.0 Å². The molecule has 0 aliphatic rings. The van der Waals surface area contributed by atoms with Gasteiger partial charge in [-0.2, -0.15) is 0 Å². The fourth-order valence-corrected chi connectivity index (χ4v) is 0.366. The highest BCUT2D eigenvalue weighted by Gasteiger charge is 1.99. The lowest BCUT2D eigenvalue weighted by Gasteiger charge is -1.99. The fraction of sp³-hybridized carbons (Fsp3) is 0.333. The molecule has 5 nitrogen and oxygen atoms in total. The van der Waals surface area contributed by atoms with Crippen LogP contribution in [-0.2, 0) is 4.79 Å². The molecule has 0 aliphatic carbocycles. The molecule has 0 fully saturated rings. The number of nitrogens with one attached hydrogen (secondary N) is 2. The largest absolute Gasteiger partial charge is 0.480 e. The zero-order valence-corrected chi connectivity index (χ0v) is 6.13. The normalized spacial score (nSPS) is 9.55. The van der Waals surface area contributed by atoms with Gasteiger partial charge in [-0.3, -0.25) is 4.79 Å². The van der Waals surface area contributed by atoms with Gasteiger partial charge >= 0.3 is 12.0 Å². The summed E-state index contributed by atoms with van der Waals surface area (Å²) < 4.78 is 0. The summed E-state index contributed by atoms with van der Waals surface area (Å²) in [5.41, 5.74) is 0. The molecule has 0 radical (unpaired) electrons. The van der Waals surface area contributed by atoms with Crippen LogP contribution in [0.2, 0.25) is 0 Å². The highest BCUT2D eigenvalue weighted by molar-refractivity contribution is 5.80. The maximum absolute atomic E-state index is 10.6. The number of hydrogen-bond donors (Lipinski definition) is 3. The van der Waals surface area contributed by atoms with Crippen LogP contribution in [0.4, 0.5) is 4.79 Å². The molecule has 0 rings (SSSR count). The van der Waals surface area contributed by atoms with E-state index in [4.69, 9.17) is 5.11 Å². The van der Waals surface area contributed by atoms with E-state index in [1.807, 2.05) is 0 Å². The highest BCUT2D eigenvalue weighted by Crippen LogP contribution is 1.67. The van der Waals surface area contributed by atoms with Gasteiger partial charge in [0.05, 0.1) is 0 Å². The summed E-state index contributed by atoms with van der Waals surface area (Å²) in [5.74, 6) is -1.07. The Balaban J connectivity index is 3.45. The topological polar surface area (TPSA) is 78.4 Å². The van der Waals surface area contributed by atoms with Gasteiger partial charge in [0.2, 0.25) is 0 Å². The Bertz CT molecular complexity index is 177. The van der Waals surface area contributed by atoms with E-state index in [1.165, 1.54) is 6.20 Å². The lowest BCUT2D eigenvalue weighted by atomic mass is 10.6. The smallest absolute Gasteiger partial charge is 0.323 e. The monoisotopic (exact) mass is 158 g/mol. The summed E-state index contributed by atoms with van der Waals surface area (Å²) >= 11 is 0. The van der Waals surface area contributed by atoms with Gasteiger partial charge in [0, 0.05) is 6.20 Å². The van der Waals surface area contributed by atoms with Crippen molar-refractivity contribution in [1.29, 1.82) is 0 Å². The molecule has 0 aromatic rings. The molecule has 0 saturated carbocycles. The summed E-state index contributed by atoms with van der Waals surface area (Å²) in [6, 6.07) is -0.523. The van der Waals surface area contributed by atoms with Gasteiger partial charge in [-0.15, -0.1) is 0 Å². The van der Waals surface area contributed by atoms with E-state index in [9.17, 15) is 9.59 Å². The van der Waals surface area contributed by atoms with Crippen LogP contribution in [0.15, 0.2) is 12.3 Å². The predicted octanol–water partition coefficient (Wildman–Crippen LogP) is -0.0962. The number of amides is 2. The third-order valence-electron chi connectivity index (χ3n) is 0.781. The number of aliphatic carboxylic acids is 1. The second-order valence-corrected chi connectivity index (χ2v) is 1.72. The van der Waals surface area contributed by atoms with E-state index in [0.717, 1.165) is 0 Å². The number of hydrogen-bond acceptors (Lipinski definition) is 2. The number of carbonyl (C=O) groups is 2. The van der Waals surface area contributed by atoms with Crippen LogP contribution in [0.25, 0.3) is 0 Å². The zero-order chi connectivity index (χ0) is 8.69. The lowest BCUT2D eigenvalue weighted by Crippen LogP contribution is -2.35. The first-order valence-corrected chi connectivity index (χ1v) is 3.04. The molecule has 0 unspecified atom stereocenters. The molecule has 11 heavy (non-hydrogen) atoms. The molecule has 0 aromatic carbocycles. The van der Waals surface area contributed by atoms with Crippen LogP contribution in [0.1, 0.15) is 6.92 Å². The van der Waals surface area contributed by atoms with Crippen molar-refractivity contribution in [1.82, 2.24) is 10.6 Å². The van der Waals surface area contributed by atoms with Crippen molar-refractivity contribution < 1.29 is 14.7 Å². The van der Waals surface area contributed by atoms with Crippen LogP contribution >= 0.6 is 0 Å². The van der Waals surface area contributed by atoms with Crippen LogP contribution in [0.5, 0.6) is 0 Å². The van der Waals surface area contributed by atoms with E-state index in [2.05, 4.69) is 10.6 Å². The summed E-state index contributed by atoms with van der Waals surface area (Å²) in [6.07, 6.45) is 3.04. The molecule has 0 atom stereocenters. The molecule has 0 spiro atoms. The molecule has 3 N–H and O–H groups in total. The molecule has 5 heteroatoms. The fourth-order valence-electron chi connectivity index (χ4n) is 0.366. The predicted molar refractivity (Wildman–Crippen MR) is 39.0 cm³/mol. The third kappa shape index (κ3) is 6.36. The number of carboxylic acids is 1. The first-order chi connectivity index (χ1) is 5.16. The Morgan fingerprint density at radius 1 is 1.55 bits per heavy atom. The minimum atomic E-state index is -1.07. The maximum atomic E-state index is 10.6. The van der Waals surface area contributed by atoms with Crippen molar-refractivity contribution in [3.05, 3.63) is 12.3 Å². The standard InChI is InChI=1S/C6H10N2O3/c1-2-3-7-6(11)8-4-5(9)10/h2-3H,4H2,1H3,(H,9,10)(H2,7,8,11)/b3-2+. The Hall–Kier alpha value is -1.52. The molecule has 0 bridgehead atoms. The van der Waals surface area contributed by atoms with Gasteiger partial charge in [-0.05, 0) is 6.92 Å². The molecular formula is C6H10N2O3. The first-order valence-electron chi connectivity index (χ1n) is 3.04. The SMILES string of the molecule is C/C=C/NC(=O)NCC(=O)O. The van der Waals surface area contributed by atoms with Crippen molar-refractivity contribution in [3.8, 4) is 0 Å². The van der Waals surface area contributed by atoms with Gasteiger partial charge in [0.1, 0.15) is 6.54 Å². The van der Waals surface area contributed by atoms with Crippen LogP contribution in [0, 0.1) is 0 Å². The van der Waals surface area contributed by atoms with Crippen LogP contribution in [-0.4, -0.2) is 23.7 Å². The molecule has 0 saturated heterocycles. The number of carboxylic acid groups (broad SMARTS) is 1. The minimum Gasteiger partial charge on any atom is -0.480 e. The second kappa shape index (κ2) is 5.28. The van der Waals surface area contributed by atoms with Crippen molar-refractivity contribution in [2.45, 2.75) is 6.92 Å². The first kappa shape index (κ1) is 9.48. The number of rotatable bonds is 3. The highest BCUT2D eigenvalue weighted by atomic mass is 16.4. The number of carbonyl (C=O) groups excluding carboxylic acids is 1. The number of urea groups is 1. The third-order valence-corrected chi connectivity index (χ3v) is 0.781. The van der Waals surface area contributed by atoms with Crippen molar-refractivity contribution in [2.75, 3.05) is 6.54 Å². The summed E-state index contributed by atoms with van der Waals surface area (Å²) in [7, 11) is 0. The van der Waals surface area contributed by atoms with Gasteiger partial charge in [-0.1, -0.05) is 6.08 Å². The van der Waals surface area contributed by atoms with Gasteiger partial charge in [0.25, 0.3) is 0 Å². The minimum absolute atomic E-state index is 0.372. The average molecular weight is 158 g/mol. The molecule has 0 aromatic heterocycles. The quantitative estimate of drug-likeness (QED) is 0.536. The van der Waals surface area contributed by atoms with E-state index in [0.29, 0.717) is 0 Å². The molecule has 0 aliphatic heterocycles. The number of allylic oxidation sites excluding steroid dienone is 1.